The van der Waals surface area contributed by atoms with E-state index < -0.39 is 0 Å². The fraction of sp³-hybridized carbons (Fsp3) is 0.786. The highest BCUT2D eigenvalue weighted by molar-refractivity contribution is 7.09. The van der Waals surface area contributed by atoms with E-state index in [1.54, 1.807) is 11.3 Å². The summed E-state index contributed by atoms with van der Waals surface area (Å²) in [5, 5.41) is 6.98. The summed E-state index contributed by atoms with van der Waals surface area (Å²) in [7, 11) is 0. The molecular weight excluding hydrogens is 244 g/mol. The molecule has 4 heteroatoms. The number of ether oxygens (including phenoxy) is 1. The first-order valence-electron chi connectivity index (χ1n) is 6.91. The smallest absolute Gasteiger partial charge is 0.0897 e. The number of aryl methyl sites for hydroxylation is 1. The molecule has 1 aromatic rings. The van der Waals surface area contributed by atoms with Crippen molar-refractivity contribution in [1.82, 2.24) is 10.3 Å². The largest absolute Gasteiger partial charge is 0.378 e. The first-order chi connectivity index (χ1) is 8.65. The SMILES string of the molecule is Cc1nc(CCNC2CCOC(C(C)C)C2)cs1. The van der Waals surface area contributed by atoms with E-state index in [2.05, 4.69) is 36.5 Å². The van der Waals surface area contributed by atoms with E-state index in [-0.39, 0.29) is 0 Å². The topological polar surface area (TPSA) is 34.2 Å². The molecule has 2 atom stereocenters. The molecule has 0 bridgehead atoms. The molecule has 2 heterocycles. The highest BCUT2D eigenvalue weighted by atomic mass is 32.1. The molecule has 2 unspecified atom stereocenters. The lowest BCUT2D eigenvalue weighted by Gasteiger charge is -2.32. The highest BCUT2D eigenvalue weighted by Gasteiger charge is 2.24. The molecule has 3 nitrogen and oxygen atoms in total. The van der Waals surface area contributed by atoms with Crippen molar-refractivity contribution in [3.63, 3.8) is 0 Å². The van der Waals surface area contributed by atoms with E-state index in [1.165, 1.54) is 5.69 Å². The summed E-state index contributed by atoms with van der Waals surface area (Å²) >= 11 is 1.74. The van der Waals surface area contributed by atoms with Crippen LogP contribution in [0.2, 0.25) is 0 Å². The van der Waals surface area contributed by atoms with Gasteiger partial charge in [0.1, 0.15) is 0 Å². The third-order valence-corrected chi connectivity index (χ3v) is 4.36. The second kappa shape index (κ2) is 6.64. The Morgan fingerprint density at radius 2 is 2.39 bits per heavy atom. The van der Waals surface area contributed by atoms with Crippen LogP contribution in [0, 0.1) is 12.8 Å². The fourth-order valence-electron chi connectivity index (χ4n) is 2.41. The van der Waals surface area contributed by atoms with E-state index in [0.717, 1.165) is 37.4 Å². The van der Waals surface area contributed by atoms with Crippen molar-refractivity contribution in [3.8, 4) is 0 Å². The summed E-state index contributed by atoms with van der Waals surface area (Å²) in [6.45, 7) is 8.47. The Morgan fingerprint density at radius 3 is 3.06 bits per heavy atom. The van der Waals surface area contributed by atoms with Crippen molar-refractivity contribution < 1.29 is 4.74 Å². The molecule has 0 aliphatic carbocycles. The van der Waals surface area contributed by atoms with Gasteiger partial charge in [0.15, 0.2) is 0 Å². The van der Waals surface area contributed by atoms with Gasteiger partial charge in [0.2, 0.25) is 0 Å². The van der Waals surface area contributed by atoms with Crippen molar-refractivity contribution in [2.75, 3.05) is 13.2 Å². The van der Waals surface area contributed by atoms with Gasteiger partial charge in [-0.05, 0) is 25.7 Å². The number of nitrogens with zero attached hydrogens (tertiary/aromatic N) is 1. The van der Waals surface area contributed by atoms with Gasteiger partial charge >= 0.3 is 0 Å². The van der Waals surface area contributed by atoms with Crippen molar-refractivity contribution in [2.45, 2.75) is 52.2 Å². The second-order valence-corrected chi connectivity index (χ2v) is 6.50. The van der Waals surface area contributed by atoms with Crippen LogP contribution in [-0.2, 0) is 11.2 Å². The normalized spacial score (nSPS) is 24.7. The van der Waals surface area contributed by atoms with Crippen molar-refractivity contribution >= 4 is 11.3 Å². The van der Waals surface area contributed by atoms with Crippen LogP contribution in [0.5, 0.6) is 0 Å². The van der Waals surface area contributed by atoms with Gasteiger partial charge in [-0.2, -0.15) is 0 Å². The average molecular weight is 268 g/mol. The Hall–Kier alpha value is -0.450. The number of aromatic nitrogens is 1. The zero-order chi connectivity index (χ0) is 13.0. The first-order valence-corrected chi connectivity index (χ1v) is 7.79. The highest BCUT2D eigenvalue weighted by Crippen LogP contribution is 2.20. The minimum atomic E-state index is 0.428. The van der Waals surface area contributed by atoms with Crippen molar-refractivity contribution in [1.29, 1.82) is 0 Å². The monoisotopic (exact) mass is 268 g/mol. The maximum absolute atomic E-state index is 5.79. The van der Waals surface area contributed by atoms with Gasteiger partial charge in [-0.3, -0.25) is 0 Å². The van der Waals surface area contributed by atoms with Crippen molar-refractivity contribution in [2.24, 2.45) is 5.92 Å². The van der Waals surface area contributed by atoms with Gasteiger partial charge in [-0.1, -0.05) is 13.8 Å². The predicted octanol–water partition coefficient (Wildman–Crippen LogP) is 2.79. The number of hydrogen-bond donors (Lipinski definition) is 1. The molecule has 18 heavy (non-hydrogen) atoms. The quantitative estimate of drug-likeness (QED) is 0.891. The summed E-state index contributed by atoms with van der Waals surface area (Å²) in [6, 6.07) is 0.617. The summed E-state index contributed by atoms with van der Waals surface area (Å²) in [5.74, 6) is 0.621. The molecule has 0 spiro atoms. The van der Waals surface area contributed by atoms with E-state index in [1.807, 2.05) is 0 Å². The first kappa shape index (κ1) is 14.0. The molecule has 1 saturated heterocycles. The lowest BCUT2D eigenvalue weighted by atomic mass is 9.95. The van der Waals surface area contributed by atoms with E-state index in [4.69, 9.17) is 4.74 Å². The van der Waals surface area contributed by atoms with E-state index in [0.29, 0.717) is 18.1 Å². The number of nitrogens with one attached hydrogen (secondary N) is 1. The van der Waals surface area contributed by atoms with Crippen molar-refractivity contribution in [3.05, 3.63) is 16.1 Å². The Morgan fingerprint density at radius 1 is 1.56 bits per heavy atom. The minimum Gasteiger partial charge on any atom is -0.378 e. The molecular formula is C14H24N2OS. The third-order valence-electron chi connectivity index (χ3n) is 3.54. The number of rotatable bonds is 5. The van der Waals surface area contributed by atoms with Gasteiger partial charge in [-0.15, -0.1) is 11.3 Å². The molecule has 2 rings (SSSR count). The predicted molar refractivity (Wildman–Crippen MR) is 76.2 cm³/mol. The molecule has 1 aromatic heterocycles. The van der Waals surface area contributed by atoms with Gasteiger partial charge in [-0.25, -0.2) is 4.98 Å². The Bertz CT molecular complexity index is 364. The summed E-state index contributed by atoms with van der Waals surface area (Å²) < 4.78 is 5.79. The van der Waals surface area contributed by atoms with Crippen LogP contribution in [0.15, 0.2) is 5.38 Å². The maximum Gasteiger partial charge on any atom is 0.0897 e. The number of hydrogen-bond acceptors (Lipinski definition) is 4. The van der Waals surface area contributed by atoms with Gasteiger partial charge in [0, 0.05) is 31.0 Å². The number of thiazole rings is 1. The molecule has 1 N–H and O–H groups in total. The summed E-state index contributed by atoms with van der Waals surface area (Å²) in [5.41, 5.74) is 1.22. The van der Waals surface area contributed by atoms with E-state index in [9.17, 15) is 0 Å². The molecule has 0 radical (unpaired) electrons. The Kier molecular flexibility index (Phi) is 5.15. The minimum absolute atomic E-state index is 0.428. The van der Waals surface area contributed by atoms with Crippen LogP contribution in [0.1, 0.15) is 37.4 Å². The zero-order valence-electron chi connectivity index (χ0n) is 11.6. The Balaban J connectivity index is 1.70. The standard InChI is InChI=1S/C14H24N2OS/c1-10(2)14-8-12(5-7-17-14)15-6-4-13-9-18-11(3)16-13/h9-10,12,14-15H,4-8H2,1-3H3. The zero-order valence-corrected chi connectivity index (χ0v) is 12.4. The van der Waals surface area contributed by atoms with Crippen LogP contribution >= 0.6 is 11.3 Å². The van der Waals surface area contributed by atoms with Gasteiger partial charge in [0.25, 0.3) is 0 Å². The second-order valence-electron chi connectivity index (χ2n) is 5.44. The molecule has 0 aromatic carbocycles. The average Bonchev–Trinajstić information content (AvgIpc) is 2.75. The van der Waals surface area contributed by atoms with Crippen LogP contribution in [0.25, 0.3) is 0 Å². The third kappa shape index (κ3) is 4.04. The lowest BCUT2D eigenvalue weighted by Crippen LogP contribution is -2.41. The molecule has 0 saturated carbocycles. The van der Waals surface area contributed by atoms with Crippen LogP contribution in [0.4, 0.5) is 0 Å². The molecule has 102 valence electrons. The molecule has 0 amide bonds. The molecule has 1 aliphatic heterocycles. The van der Waals surface area contributed by atoms with Crippen LogP contribution < -0.4 is 5.32 Å². The molecule has 1 fully saturated rings. The van der Waals surface area contributed by atoms with E-state index >= 15 is 0 Å². The molecule has 1 aliphatic rings. The lowest BCUT2D eigenvalue weighted by molar-refractivity contribution is -0.0242. The summed E-state index contributed by atoms with van der Waals surface area (Å²) in [6.07, 6.45) is 3.75. The Labute approximate surface area is 114 Å². The fourth-order valence-corrected chi connectivity index (χ4v) is 3.05. The van der Waals surface area contributed by atoms with Crippen LogP contribution in [-0.4, -0.2) is 30.3 Å². The van der Waals surface area contributed by atoms with Crippen LogP contribution in [0.3, 0.4) is 0 Å². The van der Waals surface area contributed by atoms with Gasteiger partial charge in [0.05, 0.1) is 16.8 Å². The van der Waals surface area contributed by atoms with Gasteiger partial charge < -0.3 is 10.1 Å². The summed E-state index contributed by atoms with van der Waals surface area (Å²) in [4.78, 5) is 4.49. The maximum atomic E-state index is 5.79.